The molecule has 0 saturated carbocycles. The van der Waals surface area contributed by atoms with Crippen molar-refractivity contribution < 1.29 is 35.1 Å². The minimum absolute atomic E-state index is 0.0631. The summed E-state index contributed by atoms with van der Waals surface area (Å²) in [4.78, 5) is 0.0631. The Morgan fingerprint density at radius 3 is 2.06 bits per heavy atom. The van der Waals surface area contributed by atoms with E-state index in [0.717, 1.165) is 0 Å². The van der Waals surface area contributed by atoms with Crippen molar-refractivity contribution in [1.29, 1.82) is 0 Å². The number of morpholine rings is 1. The maximum Gasteiger partial charge on any atom is 0.243 e. The van der Waals surface area contributed by atoms with Gasteiger partial charge in [0.2, 0.25) is 15.8 Å². The van der Waals surface area contributed by atoms with E-state index in [0.29, 0.717) is 25.1 Å². The highest BCUT2D eigenvalue weighted by Gasteiger charge is 2.26. The number of halogens is 5. The van der Waals surface area contributed by atoms with Gasteiger partial charge in [0.05, 0.1) is 29.9 Å². The molecule has 1 aliphatic rings. The van der Waals surface area contributed by atoms with Crippen LogP contribution < -0.4 is 10.7 Å². The van der Waals surface area contributed by atoms with Gasteiger partial charge in [-0.05, 0) is 36.5 Å². The van der Waals surface area contributed by atoms with Crippen LogP contribution in [0.5, 0.6) is 0 Å². The molecule has 2 aromatic rings. The number of sulfonamides is 1. The molecule has 0 aliphatic carbocycles. The van der Waals surface area contributed by atoms with Crippen LogP contribution in [-0.4, -0.2) is 50.4 Å². The van der Waals surface area contributed by atoms with Crippen molar-refractivity contribution in [3.8, 4) is 0 Å². The lowest BCUT2D eigenvalue weighted by Crippen LogP contribution is -2.40. The Morgan fingerprint density at radius 1 is 0.969 bits per heavy atom. The van der Waals surface area contributed by atoms with Crippen LogP contribution in [0.4, 0.5) is 27.6 Å². The largest absolute Gasteiger partial charge is 0.379 e. The Bertz CT molecular complexity index is 1130. The molecule has 7 nitrogen and oxygen atoms in total. The summed E-state index contributed by atoms with van der Waals surface area (Å²) in [5.41, 5.74) is 1.28. The topological polar surface area (TPSA) is 83.0 Å². The van der Waals surface area contributed by atoms with Gasteiger partial charge in [0, 0.05) is 18.8 Å². The fourth-order valence-corrected chi connectivity index (χ4v) is 4.27. The Hall–Kier alpha value is -2.68. The number of hydrogen-bond donors (Lipinski definition) is 2. The Kier molecular flexibility index (Phi) is 7.38. The number of ether oxygens (including phenoxy) is 1. The van der Waals surface area contributed by atoms with Crippen LogP contribution in [0.15, 0.2) is 34.3 Å². The summed E-state index contributed by atoms with van der Waals surface area (Å²) < 4.78 is 98.2. The van der Waals surface area contributed by atoms with Gasteiger partial charge < -0.3 is 10.1 Å². The molecule has 0 spiro atoms. The van der Waals surface area contributed by atoms with Crippen LogP contribution in [0.1, 0.15) is 5.56 Å². The molecule has 14 heteroatoms. The van der Waals surface area contributed by atoms with E-state index < -0.39 is 44.7 Å². The number of hydrazone groups is 1. The van der Waals surface area contributed by atoms with Crippen molar-refractivity contribution >= 4 is 39.3 Å². The summed E-state index contributed by atoms with van der Waals surface area (Å²) >= 11 is 4.93. The van der Waals surface area contributed by atoms with Crippen LogP contribution in [0.2, 0.25) is 0 Å². The first-order valence-corrected chi connectivity index (χ1v) is 10.8. The van der Waals surface area contributed by atoms with Crippen molar-refractivity contribution in [3.63, 3.8) is 0 Å². The molecule has 0 amide bonds. The molecule has 32 heavy (non-hydrogen) atoms. The molecule has 2 aromatic carbocycles. The Balaban J connectivity index is 1.64. The molecular weight excluding hydrogens is 479 g/mol. The minimum atomic E-state index is -3.68. The molecule has 0 aromatic heterocycles. The van der Waals surface area contributed by atoms with E-state index in [-0.39, 0.29) is 23.1 Å². The lowest BCUT2D eigenvalue weighted by atomic mass is 10.2. The molecule has 0 unspecified atom stereocenters. The lowest BCUT2D eigenvalue weighted by molar-refractivity contribution is 0.0730. The van der Waals surface area contributed by atoms with Crippen LogP contribution in [-0.2, 0) is 14.8 Å². The van der Waals surface area contributed by atoms with Gasteiger partial charge in [0.1, 0.15) is 0 Å². The number of rotatable bonds is 5. The maximum absolute atomic E-state index is 13.6. The van der Waals surface area contributed by atoms with Gasteiger partial charge in [-0.2, -0.15) is 9.41 Å². The first-order chi connectivity index (χ1) is 15.1. The van der Waals surface area contributed by atoms with Gasteiger partial charge in [0.25, 0.3) is 0 Å². The molecule has 1 aliphatic heterocycles. The maximum atomic E-state index is 13.6. The first kappa shape index (κ1) is 24.0. The van der Waals surface area contributed by atoms with Gasteiger partial charge in [-0.15, -0.1) is 0 Å². The molecule has 172 valence electrons. The highest BCUT2D eigenvalue weighted by atomic mass is 32.2. The number of nitrogens with zero attached hydrogens (tertiary/aromatic N) is 2. The van der Waals surface area contributed by atoms with Crippen molar-refractivity contribution in [2.24, 2.45) is 5.10 Å². The fourth-order valence-electron chi connectivity index (χ4n) is 2.70. The fraction of sp³-hybridized carbons (Fsp3) is 0.222. The minimum Gasteiger partial charge on any atom is -0.379 e. The van der Waals surface area contributed by atoms with E-state index >= 15 is 0 Å². The van der Waals surface area contributed by atoms with E-state index in [1.807, 2.05) is 0 Å². The molecule has 1 fully saturated rings. The zero-order chi connectivity index (χ0) is 23.5. The van der Waals surface area contributed by atoms with E-state index in [4.69, 9.17) is 17.0 Å². The number of benzene rings is 2. The average molecular weight is 494 g/mol. The van der Waals surface area contributed by atoms with Crippen LogP contribution in [0.3, 0.4) is 0 Å². The molecule has 0 bridgehead atoms. The summed E-state index contributed by atoms with van der Waals surface area (Å²) in [7, 11) is -3.68. The Labute approximate surface area is 184 Å². The number of nitrogens with one attached hydrogen (secondary N) is 2. The van der Waals surface area contributed by atoms with E-state index in [9.17, 15) is 30.4 Å². The monoisotopic (exact) mass is 494 g/mol. The van der Waals surface area contributed by atoms with Crippen LogP contribution >= 0.6 is 12.2 Å². The predicted molar refractivity (Wildman–Crippen MR) is 109 cm³/mol. The predicted octanol–water partition coefficient (Wildman–Crippen LogP) is 2.72. The van der Waals surface area contributed by atoms with Gasteiger partial charge in [-0.1, -0.05) is 0 Å². The quantitative estimate of drug-likeness (QED) is 0.166. The highest BCUT2D eigenvalue weighted by molar-refractivity contribution is 7.89. The average Bonchev–Trinajstić information content (AvgIpc) is 2.79. The smallest absolute Gasteiger partial charge is 0.243 e. The molecular formula is C18H15F5N4O3S2. The van der Waals surface area contributed by atoms with Crippen molar-refractivity contribution in [2.75, 3.05) is 31.6 Å². The molecule has 1 saturated heterocycles. The third-order valence-electron chi connectivity index (χ3n) is 4.32. The van der Waals surface area contributed by atoms with Crippen molar-refractivity contribution in [2.45, 2.75) is 4.90 Å². The molecule has 2 N–H and O–H groups in total. The van der Waals surface area contributed by atoms with Crippen LogP contribution in [0, 0.1) is 29.1 Å². The van der Waals surface area contributed by atoms with Gasteiger partial charge >= 0.3 is 0 Å². The zero-order valence-electron chi connectivity index (χ0n) is 16.0. The standard InChI is InChI=1S/C18H15F5N4O3S2/c19-13-12(14(20)16(22)17(23)15(13)21)9-24-26-18(31)25-10-1-3-11(4-2-10)32(28,29)27-5-7-30-8-6-27/h1-4,9H,5-8H2,(H2,25,26,31)/b24-9+. The number of thiocarbonyl (C=S) groups is 1. The van der Waals surface area contributed by atoms with Crippen LogP contribution in [0.25, 0.3) is 0 Å². The molecule has 3 rings (SSSR count). The molecule has 1 heterocycles. The molecule has 0 atom stereocenters. The Morgan fingerprint density at radius 2 is 1.50 bits per heavy atom. The first-order valence-electron chi connectivity index (χ1n) is 8.92. The molecule has 0 radical (unpaired) electrons. The van der Waals surface area contributed by atoms with Gasteiger partial charge in [-0.25, -0.2) is 30.4 Å². The second-order valence-electron chi connectivity index (χ2n) is 6.35. The van der Waals surface area contributed by atoms with E-state index in [1.54, 1.807) is 0 Å². The van der Waals surface area contributed by atoms with Crippen molar-refractivity contribution in [3.05, 3.63) is 58.9 Å². The van der Waals surface area contributed by atoms with Crippen molar-refractivity contribution in [1.82, 2.24) is 9.73 Å². The zero-order valence-corrected chi connectivity index (χ0v) is 17.7. The van der Waals surface area contributed by atoms with Gasteiger partial charge in [-0.3, -0.25) is 5.43 Å². The lowest BCUT2D eigenvalue weighted by Gasteiger charge is -2.26. The SMILES string of the molecule is O=S(=O)(c1ccc(NC(=S)N/N=C/c2c(F)c(F)c(F)c(F)c2F)cc1)N1CCOCC1. The summed E-state index contributed by atoms with van der Waals surface area (Å²) in [5.74, 6) is -10.6. The highest BCUT2D eigenvalue weighted by Crippen LogP contribution is 2.22. The summed E-state index contributed by atoms with van der Waals surface area (Å²) in [6.45, 7) is 1.11. The number of anilines is 1. The summed E-state index contributed by atoms with van der Waals surface area (Å²) in [6, 6.07) is 5.56. The van der Waals surface area contributed by atoms with Gasteiger partial charge in [0.15, 0.2) is 28.4 Å². The second-order valence-corrected chi connectivity index (χ2v) is 8.69. The van der Waals surface area contributed by atoms with E-state index in [2.05, 4.69) is 15.8 Å². The third kappa shape index (κ3) is 5.03. The summed E-state index contributed by atoms with van der Waals surface area (Å²) in [5, 5.41) is 5.80. The number of hydrogen-bond acceptors (Lipinski definition) is 5. The second kappa shape index (κ2) is 9.85. The summed E-state index contributed by atoms with van der Waals surface area (Å²) in [6.07, 6.45) is 0.391. The normalized spacial score (nSPS) is 15.2. The third-order valence-corrected chi connectivity index (χ3v) is 6.43. The van der Waals surface area contributed by atoms with E-state index in [1.165, 1.54) is 28.6 Å².